The third-order valence-corrected chi connectivity index (χ3v) is 7.08. The molecule has 0 aliphatic carbocycles. The van der Waals surface area contributed by atoms with Gasteiger partial charge < -0.3 is 19.3 Å². The van der Waals surface area contributed by atoms with Crippen LogP contribution in [0.5, 0.6) is 0 Å². The Morgan fingerprint density at radius 1 is 1.13 bits per heavy atom. The number of imidazole rings is 1. The largest absolute Gasteiger partial charge is 0.396 e. The third kappa shape index (κ3) is 3.49. The lowest BCUT2D eigenvalue weighted by Crippen LogP contribution is -2.44. The van der Waals surface area contributed by atoms with E-state index in [1.807, 2.05) is 35.2 Å². The van der Waals surface area contributed by atoms with Gasteiger partial charge >= 0.3 is 0 Å². The monoisotopic (exact) mass is 483 g/mol. The molecule has 3 heterocycles. The summed E-state index contributed by atoms with van der Waals surface area (Å²) >= 11 is 3.54. The van der Waals surface area contributed by atoms with Crippen molar-refractivity contribution < 1.29 is 14.6 Å². The van der Waals surface area contributed by atoms with Crippen molar-refractivity contribution in [1.82, 2.24) is 9.55 Å². The highest BCUT2D eigenvalue weighted by Gasteiger charge is 2.51. The maximum Gasteiger partial charge on any atom is 0.238 e. The SMILES string of the molecule is O=C1N(Cc2nc3cc(Br)ccc3n2CCCCO)c2ccccc2C12CCOCC2. The molecule has 0 radical (unpaired) electrons. The summed E-state index contributed by atoms with van der Waals surface area (Å²) in [5, 5.41) is 9.23. The molecule has 1 amide bonds. The van der Waals surface area contributed by atoms with Gasteiger partial charge in [-0.2, -0.15) is 0 Å². The number of hydrogen-bond acceptors (Lipinski definition) is 4. The van der Waals surface area contributed by atoms with Crippen LogP contribution < -0.4 is 4.90 Å². The number of ether oxygens (including phenoxy) is 1. The summed E-state index contributed by atoms with van der Waals surface area (Å²) in [7, 11) is 0. The van der Waals surface area contributed by atoms with E-state index in [1.54, 1.807) is 0 Å². The summed E-state index contributed by atoms with van der Waals surface area (Å²) in [6.07, 6.45) is 3.04. The molecule has 1 saturated heterocycles. The zero-order valence-corrected chi connectivity index (χ0v) is 19.0. The van der Waals surface area contributed by atoms with Crippen LogP contribution >= 0.6 is 15.9 Å². The molecule has 0 unspecified atom stereocenters. The second-order valence-corrected chi connectivity index (χ2v) is 9.26. The molecule has 1 N–H and O–H groups in total. The van der Waals surface area contributed by atoms with Crippen LogP contribution in [0.3, 0.4) is 0 Å². The Kier molecular flexibility index (Phi) is 5.58. The molecule has 0 atom stereocenters. The maximum absolute atomic E-state index is 13.8. The lowest BCUT2D eigenvalue weighted by atomic mass is 9.75. The van der Waals surface area contributed by atoms with E-state index in [4.69, 9.17) is 9.72 Å². The third-order valence-electron chi connectivity index (χ3n) is 6.59. The van der Waals surface area contributed by atoms with Gasteiger partial charge in [-0.25, -0.2) is 4.98 Å². The summed E-state index contributed by atoms with van der Waals surface area (Å²) in [4.78, 5) is 20.6. The topological polar surface area (TPSA) is 67.6 Å². The van der Waals surface area contributed by atoms with E-state index < -0.39 is 5.41 Å². The fourth-order valence-corrected chi connectivity index (χ4v) is 5.35. The van der Waals surface area contributed by atoms with Crippen LogP contribution in [0.25, 0.3) is 11.0 Å². The minimum absolute atomic E-state index is 0.159. The zero-order chi connectivity index (χ0) is 21.4. The summed E-state index contributed by atoms with van der Waals surface area (Å²) in [6.45, 7) is 2.60. The number of amides is 1. The van der Waals surface area contributed by atoms with Gasteiger partial charge in [0.2, 0.25) is 5.91 Å². The molecule has 2 aromatic carbocycles. The van der Waals surface area contributed by atoms with Crippen LogP contribution in [0.4, 0.5) is 5.69 Å². The van der Waals surface area contributed by atoms with Crippen LogP contribution in [-0.4, -0.2) is 40.4 Å². The Hall–Kier alpha value is -2.22. The van der Waals surface area contributed by atoms with Crippen molar-refractivity contribution in [3.8, 4) is 0 Å². The van der Waals surface area contributed by atoms with Crippen molar-refractivity contribution in [1.29, 1.82) is 0 Å². The van der Waals surface area contributed by atoms with E-state index >= 15 is 0 Å². The van der Waals surface area contributed by atoms with E-state index in [0.29, 0.717) is 19.8 Å². The Balaban J connectivity index is 1.55. The predicted molar refractivity (Wildman–Crippen MR) is 123 cm³/mol. The Labute approximate surface area is 190 Å². The van der Waals surface area contributed by atoms with Crippen molar-refractivity contribution in [3.63, 3.8) is 0 Å². The molecular formula is C24H26BrN3O3. The molecule has 6 nitrogen and oxygen atoms in total. The van der Waals surface area contributed by atoms with Crippen LogP contribution in [0.2, 0.25) is 0 Å². The molecule has 1 aromatic heterocycles. The number of nitrogens with zero attached hydrogens (tertiary/aromatic N) is 3. The van der Waals surface area contributed by atoms with Crippen LogP contribution in [0.1, 0.15) is 37.1 Å². The van der Waals surface area contributed by atoms with Crippen molar-refractivity contribution in [2.45, 2.75) is 44.2 Å². The fourth-order valence-electron chi connectivity index (χ4n) is 5.00. The van der Waals surface area contributed by atoms with E-state index in [9.17, 15) is 9.90 Å². The summed E-state index contributed by atoms with van der Waals surface area (Å²) in [5.74, 6) is 1.03. The van der Waals surface area contributed by atoms with Gasteiger partial charge in [0, 0.05) is 36.5 Å². The molecule has 3 aromatic rings. The van der Waals surface area contributed by atoms with Gasteiger partial charge in [0.1, 0.15) is 5.82 Å². The molecule has 2 aliphatic heterocycles. The van der Waals surface area contributed by atoms with E-state index in [-0.39, 0.29) is 12.5 Å². The second kappa shape index (κ2) is 8.37. The quantitative estimate of drug-likeness (QED) is 0.534. The molecule has 1 fully saturated rings. The zero-order valence-electron chi connectivity index (χ0n) is 17.4. The van der Waals surface area contributed by atoms with Gasteiger partial charge in [-0.05, 0) is 55.5 Å². The van der Waals surface area contributed by atoms with Crippen molar-refractivity contribution in [2.24, 2.45) is 0 Å². The second-order valence-electron chi connectivity index (χ2n) is 8.35. The van der Waals surface area contributed by atoms with E-state index in [0.717, 1.165) is 64.8 Å². The van der Waals surface area contributed by atoms with Crippen LogP contribution in [-0.2, 0) is 28.0 Å². The summed E-state index contributed by atoms with van der Waals surface area (Å²) in [6, 6.07) is 14.3. The summed E-state index contributed by atoms with van der Waals surface area (Å²) < 4.78 is 8.76. The molecule has 0 bridgehead atoms. The number of carbonyl (C=O) groups is 1. The molecular weight excluding hydrogens is 458 g/mol. The standard InChI is InChI=1S/C24H26BrN3O3/c25-17-7-8-21-19(15-17)26-22(27(21)11-3-4-12-29)16-28-20-6-2-1-5-18(20)24(23(28)30)9-13-31-14-10-24/h1-2,5-8,15,29H,3-4,9-14,16H2. The minimum Gasteiger partial charge on any atom is -0.396 e. The number of rotatable bonds is 6. The minimum atomic E-state index is -0.481. The van der Waals surface area contributed by atoms with Gasteiger partial charge in [0.15, 0.2) is 0 Å². The number of halogens is 1. The first-order chi connectivity index (χ1) is 15.1. The number of aliphatic hydroxyl groups is 1. The molecule has 31 heavy (non-hydrogen) atoms. The Bertz CT molecular complexity index is 1120. The average Bonchev–Trinajstić information content (AvgIpc) is 3.23. The first kappa shape index (κ1) is 20.7. The number of anilines is 1. The van der Waals surface area contributed by atoms with E-state index in [2.05, 4.69) is 32.6 Å². The Morgan fingerprint density at radius 2 is 1.94 bits per heavy atom. The molecule has 0 saturated carbocycles. The molecule has 7 heteroatoms. The average molecular weight is 484 g/mol. The lowest BCUT2D eigenvalue weighted by Gasteiger charge is -2.32. The smallest absolute Gasteiger partial charge is 0.238 e. The van der Waals surface area contributed by atoms with Crippen molar-refractivity contribution in [2.75, 3.05) is 24.7 Å². The molecule has 1 spiro atoms. The summed E-state index contributed by atoms with van der Waals surface area (Å²) in [5.41, 5.74) is 3.59. The molecule has 162 valence electrons. The predicted octanol–water partition coefficient (Wildman–Crippen LogP) is 4.17. The highest BCUT2D eigenvalue weighted by atomic mass is 79.9. The number of benzene rings is 2. The number of carbonyl (C=O) groups excluding carboxylic acids is 1. The van der Waals surface area contributed by atoms with Gasteiger partial charge in [0.25, 0.3) is 0 Å². The van der Waals surface area contributed by atoms with Crippen molar-refractivity contribution in [3.05, 3.63) is 58.3 Å². The highest BCUT2D eigenvalue weighted by Crippen LogP contribution is 2.48. The van der Waals surface area contributed by atoms with Crippen molar-refractivity contribution >= 4 is 38.6 Å². The first-order valence-electron chi connectivity index (χ1n) is 10.9. The van der Waals surface area contributed by atoms with E-state index in [1.165, 1.54) is 0 Å². The maximum atomic E-state index is 13.8. The van der Waals surface area contributed by atoms with Gasteiger partial charge in [-0.15, -0.1) is 0 Å². The number of aromatic nitrogens is 2. The molecule has 5 rings (SSSR count). The Morgan fingerprint density at radius 3 is 2.74 bits per heavy atom. The number of para-hydroxylation sites is 1. The van der Waals surface area contributed by atoms with Gasteiger partial charge in [-0.1, -0.05) is 34.1 Å². The highest BCUT2D eigenvalue weighted by molar-refractivity contribution is 9.10. The van der Waals surface area contributed by atoms with Gasteiger partial charge in [-0.3, -0.25) is 4.79 Å². The lowest BCUT2D eigenvalue weighted by molar-refractivity contribution is -0.126. The van der Waals surface area contributed by atoms with Crippen LogP contribution in [0, 0.1) is 0 Å². The van der Waals surface area contributed by atoms with Gasteiger partial charge in [0.05, 0.1) is 23.0 Å². The fraction of sp³-hybridized carbons (Fsp3) is 0.417. The first-order valence-corrected chi connectivity index (χ1v) is 11.7. The molecule has 2 aliphatic rings. The normalized spacial score (nSPS) is 17.6. The number of fused-ring (bicyclic) bond motifs is 3. The van der Waals surface area contributed by atoms with Crippen LogP contribution in [0.15, 0.2) is 46.9 Å². The number of aliphatic hydroxyl groups excluding tert-OH is 1. The number of hydrogen-bond donors (Lipinski definition) is 1. The number of aryl methyl sites for hydroxylation is 1. The number of unbranched alkanes of at least 4 members (excludes halogenated alkanes) is 1.